The number of thioether (sulfide) groups is 1. The van der Waals surface area contributed by atoms with E-state index in [9.17, 15) is 4.79 Å². The Labute approximate surface area is 201 Å². The van der Waals surface area contributed by atoms with Gasteiger partial charge in [-0.2, -0.15) is 0 Å². The van der Waals surface area contributed by atoms with Crippen molar-refractivity contribution in [2.24, 2.45) is 4.99 Å². The van der Waals surface area contributed by atoms with Gasteiger partial charge in [0.2, 0.25) is 0 Å². The molecule has 0 bridgehead atoms. The van der Waals surface area contributed by atoms with Gasteiger partial charge in [0.25, 0.3) is 5.91 Å². The zero-order valence-electron chi connectivity index (χ0n) is 17.8. The maximum atomic E-state index is 13.1. The number of benzene rings is 2. The Hall–Kier alpha value is -2.47. The Morgan fingerprint density at radius 3 is 2.59 bits per heavy atom. The molecule has 0 radical (unpaired) electrons. The molecule has 1 fully saturated rings. The summed E-state index contributed by atoms with van der Waals surface area (Å²) in [6.45, 7) is 4.77. The second-order valence-electron chi connectivity index (χ2n) is 7.48. The summed E-state index contributed by atoms with van der Waals surface area (Å²) in [5.74, 6) is 1.14. The van der Waals surface area contributed by atoms with E-state index in [0.717, 1.165) is 24.1 Å². The molecule has 3 aromatic rings. The number of aryl methyl sites for hydroxylation is 1. The van der Waals surface area contributed by atoms with Crippen molar-refractivity contribution in [1.29, 1.82) is 0 Å². The number of carbonyl (C=O) groups is 1. The second kappa shape index (κ2) is 9.99. The van der Waals surface area contributed by atoms with Crippen LogP contribution in [0.4, 0.5) is 5.69 Å². The third-order valence-corrected chi connectivity index (χ3v) is 6.53. The van der Waals surface area contributed by atoms with Gasteiger partial charge in [-0.15, -0.1) is 0 Å². The lowest BCUT2D eigenvalue weighted by atomic mass is 10.2. The molecule has 0 saturated carbocycles. The summed E-state index contributed by atoms with van der Waals surface area (Å²) in [5, 5.41) is 1.76. The highest BCUT2D eigenvalue weighted by Gasteiger charge is 2.33. The van der Waals surface area contributed by atoms with Gasteiger partial charge in [0.05, 0.1) is 15.6 Å². The molecule has 0 atom stereocenters. The number of rotatable bonds is 6. The van der Waals surface area contributed by atoms with Crippen LogP contribution in [0, 0.1) is 6.92 Å². The molecule has 2 aromatic carbocycles. The number of carbonyl (C=O) groups excluding carboxylic acids is 1. The van der Waals surface area contributed by atoms with E-state index in [1.807, 2.05) is 49.4 Å². The number of halogens is 2. The monoisotopic (exact) mass is 484 g/mol. The first kappa shape index (κ1) is 22.7. The molecule has 7 heteroatoms. The Bertz CT molecular complexity index is 1200. The fraction of sp³-hybridized carbons (Fsp3) is 0.200. The Morgan fingerprint density at radius 2 is 1.88 bits per heavy atom. The van der Waals surface area contributed by atoms with Gasteiger partial charge >= 0.3 is 0 Å². The van der Waals surface area contributed by atoms with Crippen LogP contribution in [-0.4, -0.2) is 22.5 Å². The van der Waals surface area contributed by atoms with Gasteiger partial charge in [0, 0.05) is 23.2 Å². The summed E-state index contributed by atoms with van der Waals surface area (Å²) in [6.07, 6.45) is 3.66. The van der Waals surface area contributed by atoms with Crippen molar-refractivity contribution < 1.29 is 9.21 Å². The summed E-state index contributed by atoms with van der Waals surface area (Å²) >= 11 is 13.7. The zero-order valence-corrected chi connectivity index (χ0v) is 20.1. The van der Waals surface area contributed by atoms with E-state index in [4.69, 9.17) is 32.6 Å². The van der Waals surface area contributed by atoms with Gasteiger partial charge in [-0.05, 0) is 67.6 Å². The predicted octanol–water partition coefficient (Wildman–Crippen LogP) is 7.97. The molecule has 32 heavy (non-hydrogen) atoms. The molecule has 2 heterocycles. The van der Waals surface area contributed by atoms with Crippen molar-refractivity contribution in [2.45, 2.75) is 26.7 Å². The third kappa shape index (κ3) is 5.12. The highest BCUT2D eigenvalue weighted by atomic mass is 35.5. The van der Waals surface area contributed by atoms with Gasteiger partial charge in [-0.25, -0.2) is 4.99 Å². The molecule has 1 saturated heterocycles. The van der Waals surface area contributed by atoms with Crippen molar-refractivity contribution in [3.8, 4) is 11.3 Å². The second-order valence-corrected chi connectivity index (χ2v) is 9.33. The van der Waals surface area contributed by atoms with Crippen molar-refractivity contribution in [2.75, 3.05) is 6.54 Å². The molecule has 0 aliphatic carbocycles. The number of amides is 1. The Kier molecular flexibility index (Phi) is 7.09. The zero-order chi connectivity index (χ0) is 22.7. The predicted molar refractivity (Wildman–Crippen MR) is 135 cm³/mol. The molecule has 1 aromatic heterocycles. The number of hydrogen-bond donors (Lipinski definition) is 0. The van der Waals surface area contributed by atoms with Crippen LogP contribution in [0.2, 0.25) is 10.0 Å². The third-order valence-electron chi connectivity index (χ3n) is 4.98. The number of hydrogen-bond acceptors (Lipinski definition) is 4. The maximum absolute atomic E-state index is 13.1. The van der Waals surface area contributed by atoms with Gasteiger partial charge in [-0.3, -0.25) is 9.69 Å². The van der Waals surface area contributed by atoms with Crippen LogP contribution >= 0.6 is 35.0 Å². The molecule has 1 aliphatic heterocycles. The molecule has 1 amide bonds. The van der Waals surface area contributed by atoms with E-state index in [2.05, 4.69) is 6.92 Å². The SMILES string of the molecule is CCCCN1C(=O)/C(=C\c2ccc(-c3ccc(Cl)cc3Cl)o2)SC1=Nc1ccc(C)cc1. The summed E-state index contributed by atoms with van der Waals surface area (Å²) in [4.78, 5) is 20.2. The highest BCUT2D eigenvalue weighted by molar-refractivity contribution is 8.18. The number of amidine groups is 1. The average molecular weight is 485 g/mol. The highest BCUT2D eigenvalue weighted by Crippen LogP contribution is 2.36. The minimum Gasteiger partial charge on any atom is -0.457 e. The van der Waals surface area contributed by atoms with Gasteiger partial charge in [-0.1, -0.05) is 54.2 Å². The minimum absolute atomic E-state index is 0.0585. The molecule has 0 spiro atoms. The van der Waals surface area contributed by atoms with Crippen molar-refractivity contribution in [3.05, 3.63) is 80.9 Å². The average Bonchev–Trinajstić information content (AvgIpc) is 3.33. The van der Waals surface area contributed by atoms with Crippen LogP contribution in [0.25, 0.3) is 17.4 Å². The first-order valence-corrected chi connectivity index (χ1v) is 11.9. The van der Waals surface area contributed by atoms with E-state index in [1.165, 1.54) is 17.3 Å². The number of aliphatic imine (C=N–C) groups is 1. The lowest BCUT2D eigenvalue weighted by Gasteiger charge is -2.14. The summed E-state index contributed by atoms with van der Waals surface area (Å²) in [5.41, 5.74) is 2.74. The first-order chi connectivity index (χ1) is 15.4. The topological polar surface area (TPSA) is 45.8 Å². The van der Waals surface area contributed by atoms with Gasteiger partial charge in [0.1, 0.15) is 11.5 Å². The summed E-state index contributed by atoms with van der Waals surface area (Å²) < 4.78 is 5.96. The Balaban J connectivity index is 1.62. The quantitative estimate of drug-likeness (QED) is 0.333. The minimum atomic E-state index is -0.0585. The van der Waals surface area contributed by atoms with Crippen LogP contribution in [0.1, 0.15) is 31.1 Å². The number of furan rings is 1. The molecular weight excluding hydrogens is 463 g/mol. The number of unbranched alkanes of at least 4 members (excludes halogenated alkanes) is 1. The largest absolute Gasteiger partial charge is 0.457 e. The van der Waals surface area contributed by atoms with Gasteiger partial charge in [0.15, 0.2) is 5.17 Å². The maximum Gasteiger partial charge on any atom is 0.266 e. The van der Waals surface area contributed by atoms with E-state index >= 15 is 0 Å². The molecule has 0 unspecified atom stereocenters. The van der Waals surface area contributed by atoms with Crippen LogP contribution in [-0.2, 0) is 4.79 Å². The summed E-state index contributed by atoms with van der Waals surface area (Å²) in [7, 11) is 0. The number of nitrogens with zero attached hydrogens (tertiary/aromatic N) is 2. The van der Waals surface area contributed by atoms with Crippen molar-refractivity contribution in [1.82, 2.24) is 4.90 Å². The lowest BCUT2D eigenvalue weighted by Crippen LogP contribution is -2.30. The van der Waals surface area contributed by atoms with E-state index in [0.29, 0.717) is 38.2 Å². The molecule has 4 nitrogen and oxygen atoms in total. The van der Waals surface area contributed by atoms with E-state index in [1.54, 1.807) is 23.1 Å². The molecule has 1 aliphatic rings. The van der Waals surface area contributed by atoms with Crippen LogP contribution in [0.5, 0.6) is 0 Å². The standard InChI is InChI=1S/C25H22Cl2N2O2S/c1-3-4-13-29-24(30)23(32-25(29)28-18-8-5-16(2)6-9-18)15-19-10-12-22(31-19)20-11-7-17(26)14-21(20)27/h5-12,14-15H,3-4,13H2,1-2H3/b23-15+,28-25?. The molecule has 164 valence electrons. The van der Waals surface area contributed by atoms with Gasteiger partial charge < -0.3 is 4.42 Å². The van der Waals surface area contributed by atoms with Crippen molar-refractivity contribution >= 4 is 57.8 Å². The fourth-order valence-electron chi connectivity index (χ4n) is 3.23. The molecular formula is C25H22Cl2N2O2S. The van der Waals surface area contributed by atoms with Crippen LogP contribution in [0.3, 0.4) is 0 Å². The van der Waals surface area contributed by atoms with Crippen molar-refractivity contribution in [3.63, 3.8) is 0 Å². The fourth-order valence-corrected chi connectivity index (χ4v) is 4.73. The van der Waals surface area contributed by atoms with Crippen LogP contribution < -0.4 is 0 Å². The Morgan fingerprint density at radius 1 is 1.09 bits per heavy atom. The molecule has 4 rings (SSSR count). The van der Waals surface area contributed by atoms with Crippen LogP contribution in [0.15, 0.2) is 68.9 Å². The summed E-state index contributed by atoms with van der Waals surface area (Å²) in [6, 6.07) is 16.9. The first-order valence-electron chi connectivity index (χ1n) is 10.4. The lowest BCUT2D eigenvalue weighted by molar-refractivity contribution is -0.122. The normalized spacial score (nSPS) is 16.5. The molecule has 0 N–H and O–H groups in total. The van der Waals surface area contributed by atoms with E-state index in [-0.39, 0.29) is 5.91 Å². The smallest absolute Gasteiger partial charge is 0.266 e. The van der Waals surface area contributed by atoms with E-state index < -0.39 is 0 Å².